The fourth-order valence-corrected chi connectivity index (χ4v) is 2.29. The van der Waals surface area contributed by atoms with E-state index in [1.165, 1.54) is 6.20 Å². The average molecular weight is 268 g/mol. The van der Waals surface area contributed by atoms with E-state index in [4.69, 9.17) is 5.11 Å². The largest absolute Gasteiger partial charge is 0.478 e. The summed E-state index contributed by atoms with van der Waals surface area (Å²) in [5.74, 6) is -2.06. The van der Waals surface area contributed by atoms with Gasteiger partial charge >= 0.3 is 5.97 Å². The predicted octanol–water partition coefficient (Wildman–Crippen LogP) is 1.66. The van der Waals surface area contributed by atoms with Gasteiger partial charge in [0.05, 0.1) is 5.60 Å². The number of rotatable bonds is 2. The summed E-state index contributed by atoms with van der Waals surface area (Å²) in [5.41, 5.74) is -1.13. The van der Waals surface area contributed by atoms with E-state index in [2.05, 4.69) is 4.98 Å². The third kappa shape index (κ3) is 3.01. The lowest BCUT2D eigenvalue weighted by Crippen LogP contribution is -2.29. The first kappa shape index (κ1) is 13.7. The highest BCUT2D eigenvalue weighted by atomic mass is 19.1. The first-order chi connectivity index (χ1) is 8.91. The van der Waals surface area contributed by atoms with Crippen LogP contribution in [0.1, 0.15) is 36.5 Å². The zero-order chi connectivity index (χ0) is 14.0. The maximum atomic E-state index is 14.1. The highest BCUT2D eigenvalue weighted by Crippen LogP contribution is 2.26. The second kappa shape index (κ2) is 5.13. The van der Waals surface area contributed by atoms with E-state index in [9.17, 15) is 14.3 Å². The number of halogens is 1. The summed E-state index contributed by atoms with van der Waals surface area (Å²) in [7, 11) is 0. The van der Waals surface area contributed by atoms with E-state index in [-0.39, 0.29) is 11.4 Å². The normalized spacial score (nSPS) is 24.1. The van der Waals surface area contributed by atoms with Gasteiger partial charge in [-0.2, -0.15) is 0 Å². The average Bonchev–Trinajstić information content (AvgIpc) is 2.50. The Morgan fingerprint density at radius 2 is 2.21 bits per heavy atom. The molecule has 2 heterocycles. The molecule has 5 nitrogen and oxygen atoms in total. The first-order valence-corrected chi connectivity index (χ1v) is 6.26. The molecule has 1 aromatic heterocycles. The molecule has 0 saturated carbocycles. The van der Waals surface area contributed by atoms with Gasteiger partial charge in [-0.3, -0.25) is 0 Å². The summed E-state index contributed by atoms with van der Waals surface area (Å²) in [6.45, 7) is 2.77. The van der Waals surface area contributed by atoms with E-state index >= 15 is 0 Å². The Balaban J connectivity index is 2.27. The summed E-state index contributed by atoms with van der Waals surface area (Å²) in [5, 5.41) is 18.9. The van der Waals surface area contributed by atoms with Crippen molar-refractivity contribution in [3.8, 4) is 0 Å². The van der Waals surface area contributed by atoms with Crippen molar-refractivity contribution in [3.05, 3.63) is 23.6 Å². The van der Waals surface area contributed by atoms with Crippen molar-refractivity contribution < 1.29 is 19.4 Å². The highest BCUT2D eigenvalue weighted by Gasteiger charge is 2.27. The Kier molecular flexibility index (Phi) is 3.71. The molecule has 0 radical (unpaired) electrons. The lowest BCUT2D eigenvalue weighted by Gasteiger charge is -2.23. The van der Waals surface area contributed by atoms with Gasteiger partial charge in [-0.25, -0.2) is 14.2 Å². The standard InChI is InChI=1S/C13H17FN2O3/c1-13(19)4-2-7-16(8-5-13)11-10(14)9(12(17)18)3-6-15-11/h3,6,19H,2,4-5,7-8H2,1H3,(H,17,18). The third-order valence-corrected chi connectivity index (χ3v) is 3.46. The van der Waals surface area contributed by atoms with Crippen molar-refractivity contribution in [2.24, 2.45) is 0 Å². The monoisotopic (exact) mass is 268 g/mol. The maximum Gasteiger partial charge on any atom is 0.338 e. The molecule has 19 heavy (non-hydrogen) atoms. The summed E-state index contributed by atoms with van der Waals surface area (Å²) in [6.07, 6.45) is 3.16. The lowest BCUT2D eigenvalue weighted by molar-refractivity contribution is 0.0481. The van der Waals surface area contributed by atoms with Gasteiger partial charge in [0.1, 0.15) is 5.56 Å². The Bertz CT molecular complexity index is 491. The van der Waals surface area contributed by atoms with Crippen molar-refractivity contribution in [2.45, 2.75) is 31.8 Å². The van der Waals surface area contributed by atoms with Gasteiger partial charge in [0.2, 0.25) is 0 Å². The minimum absolute atomic E-state index is 0.0533. The number of carboxylic acids is 1. The molecule has 0 amide bonds. The van der Waals surface area contributed by atoms with Gasteiger partial charge in [-0.1, -0.05) is 0 Å². The number of aromatic carboxylic acids is 1. The second-order valence-corrected chi connectivity index (χ2v) is 5.14. The molecule has 6 heteroatoms. The zero-order valence-electron chi connectivity index (χ0n) is 10.8. The van der Waals surface area contributed by atoms with E-state index in [1.807, 2.05) is 0 Å². The molecule has 1 saturated heterocycles. The van der Waals surface area contributed by atoms with Gasteiger partial charge < -0.3 is 15.1 Å². The molecule has 1 aliphatic heterocycles. The highest BCUT2D eigenvalue weighted by molar-refractivity contribution is 5.88. The van der Waals surface area contributed by atoms with Crippen molar-refractivity contribution >= 4 is 11.8 Å². The molecule has 1 aliphatic rings. The minimum Gasteiger partial charge on any atom is -0.478 e. The van der Waals surface area contributed by atoms with Crippen LogP contribution in [0.5, 0.6) is 0 Å². The molecule has 1 atom stereocenters. The van der Waals surface area contributed by atoms with Crippen LogP contribution in [0.4, 0.5) is 10.2 Å². The molecule has 1 unspecified atom stereocenters. The quantitative estimate of drug-likeness (QED) is 0.853. The van der Waals surface area contributed by atoms with Crippen LogP contribution in [0, 0.1) is 5.82 Å². The van der Waals surface area contributed by atoms with Gasteiger partial charge in [-0.15, -0.1) is 0 Å². The molecular formula is C13H17FN2O3. The van der Waals surface area contributed by atoms with E-state index in [0.29, 0.717) is 32.4 Å². The second-order valence-electron chi connectivity index (χ2n) is 5.14. The topological polar surface area (TPSA) is 73.7 Å². The molecule has 0 aromatic carbocycles. The number of pyridine rings is 1. The molecule has 2 N–H and O–H groups in total. The summed E-state index contributed by atoms with van der Waals surface area (Å²) < 4.78 is 14.1. The molecule has 0 spiro atoms. The maximum absolute atomic E-state index is 14.1. The molecule has 0 bridgehead atoms. The predicted molar refractivity (Wildman–Crippen MR) is 67.8 cm³/mol. The number of aliphatic hydroxyl groups is 1. The fraction of sp³-hybridized carbons (Fsp3) is 0.538. The number of aromatic nitrogens is 1. The SMILES string of the molecule is CC1(O)CCCN(c2nccc(C(=O)O)c2F)CC1. The number of hydrogen-bond donors (Lipinski definition) is 2. The molecule has 2 rings (SSSR count). The Morgan fingerprint density at radius 3 is 2.89 bits per heavy atom. The van der Waals surface area contributed by atoms with Crippen LogP contribution in [0.25, 0.3) is 0 Å². The van der Waals surface area contributed by atoms with Crippen LogP contribution >= 0.6 is 0 Å². The van der Waals surface area contributed by atoms with Crippen LogP contribution < -0.4 is 4.90 Å². The van der Waals surface area contributed by atoms with Crippen molar-refractivity contribution in [3.63, 3.8) is 0 Å². The number of anilines is 1. The Morgan fingerprint density at radius 1 is 1.47 bits per heavy atom. The molecule has 1 fully saturated rings. The van der Waals surface area contributed by atoms with Gasteiger partial charge in [-0.05, 0) is 32.3 Å². The minimum atomic E-state index is -1.30. The van der Waals surface area contributed by atoms with Gasteiger partial charge in [0, 0.05) is 19.3 Å². The van der Waals surface area contributed by atoms with Crippen LogP contribution in [0.2, 0.25) is 0 Å². The Hall–Kier alpha value is -1.69. The summed E-state index contributed by atoms with van der Waals surface area (Å²) >= 11 is 0. The van der Waals surface area contributed by atoms with E-state index in [0.717, 1.165) is 6.07 Å². The number of carboxylic acid groups (broad SMARTS) is 1. The smallest absolute Gasteiger partial charge is 0.338 e. The Labute approximate surface area is 110 Å². The van der Waals surface area contributed by atoms with E-state index in [1.54, 1.807) is 11.8 Å². The molecule has 104 valence electrons. The van der Waals surface area contributed by atoms with Crippen LogP contribution in [-0.4, -0.2) is 39.9 Å². The first-order valence-electron chi connectivity index (χ1n) is 6.26. The summed E-state index contributed by atoms with van der Waals surface area (Å²) in [4.78, 5) is 16.5. The van der Waals surface area contributed by atoms with Crippen molar-refractivity contribution in [1.29, 1.82) is 0 Å². The van der Waals surface area contributed by atoms with Crippen molar-refractivity contribution in [1.82, 2.24) is 4.98 Å². The third-order valence-electron chi connectivity index (χ3n) is 3.46. The number of hydrogen-bond acceptors (Lipinski definition) is 4. The fourth-order valence-electron chi connectivity index (χ4n) is 2.29. The molecular weight excluding hydrogens is 251 g/mol. The molecule has 1 aromatic rings. The summed E-state index contributed by atoms with van der Waals surface area (Å²) in [6, 6.07) is 1.15. The van der Waals surface area contributed by atoms with Crippen molar-refractivity contribution in [2.75, 3.05) is 18.0 Å². The van der Waals surface area contributed by atoms with E-state index < -0.39 is 17.4 Å². The van der Waals surface area contributed by atoms with Gasteiger partial charge in [0.25, 0.3) is 0 Å². The number of nitrogens with zero attached hydrogens (tertiary/aromatic N) is 2. The zero-order valence-corrected chi connectivity index (χ0v) is 10.8. The molecule has 0 aliphatic carbocycles. The van der Waals surface area contributed by atoms with Crippen LogP contribution in [0.15, 0.2) is 12.3 Å². The lowest BCUT2D eigenvalue weighted by atomic mass is 9.98. The van der Waals surface area contributed by atoms with Crippen LogP contribution in [0.3, 0.4) is 0 Å². The number of carbonyl (C=O) groups is 1. The van der Waals surface area contributed by atoms with Crippen LogP contribution in [-0.2, 0) is 0 Å². The van der Waals surface area contributed by atoms with Gasteiger partial charge in [0.15, 0.2) is 11.6 Å².